The maximum Gasteiger partial charge on any atom is 0.268 e. The molecule has 3 aromatic rings. The monoisotopic (exact) mass is 429 g/mol. The Morgan fingerprint density at radius 2 is 1.89 bits per heavy atom. The van der Waals surface area contributed by atoms with Crippen LogP contribution in [0.4, 0.5) is 5.13 Å². The van der Waals surface area contributed by atoms with E-state index in [0.29, 0.717) is 10.7 Å². The van der Waals surface area contributed by atoms with Gasteiger partial charge in [-0.1, -0.05) is 53.0 Å². The van der Waals surface area contributed by atoms with Crippen LogP contribution in [0, 0.1) is 18.3 Å². The number of thiazole rings is 1. The minimum Gasteiger partial charge on any atom is -0.505 e. The predicted molar refractivity (Wildman–Crippen MR) is 113 cm³/mol. The molecule has 0 spiro atoms. The third kappa shape index (κ3) is 4.52. The second-order valence-electron chi connectivity index (χ2n) is 5.86. The first-order chi connectivity index (χ1) is 13.4. The largest absolute Gasteiger partial charge is 0.505 e. The number of phenols is 1. The molecular weight excluding hydrogens is 417 g/mol. The standard InChI is InChI=1S/C20H13Cl2N3O2S/c1-11-2-4-13(5-3-11)17-10-28-20(24-17)25-19(27)14(9-23)6-12-7-15(21)18(26)16(22)8-12/h2-8,10,26H,1H3,(H,24,25,27)/b14-6+. The van der Waals surface area contributed by atoms with Crippen LogP contribution in [0.2, 0.25) is 10.0 Å². The Hall–Kier alpha value is -2.85. The first kappa shape index (κ1) is 19.9. The number of carbonyl (C=O) groups excluding carboxylic acids is 1. The van der Waals surface area contributed by atoms with Gasteiger partial charge in [-0.15, -0.1) is 11.3 Å². The first-order valence-electron chi connectivity index (χ1n) is 8.01. The number of rotatable bonds is 4. The highest BCUT2D eigenvalue weighted by molar-refractivity contribution is 7.14. The quantitative estimate of drug-likeness (QED) is 0.412. The fourth-order valence-corrected chi connectivity index (χ4v) is 3.55. The zero-order chi connectivity index (χ0) is 20.3. The van der Waals surface area contributed by atoms with Crippen molar-refractivity contribution in [1.82, 2.24) is 4.98 Å². The number of aryl methyl sites for hydroxylation is 1. The topological polar surface area (TPSA) is 86.0 Å². The molecule has 0 aliphatic rings. The molecule has 0 bridgehead atoms. The second-order valence-corrected chi connectivity index (χ2v) is 7.53. The molecule has 2 N–H and O–H groups in total. The van der Waals surface area contributed by atoms with Crippen molar-refractivity contribution in [3.63, 3.8) is 0 Å². The number of hydrogen-bond donors (Lipinski definition) is 2. The molecule has 0 unspecified atom stereocenters. The third-order valence-corrected chi connectivity index (χ3v) is 5.12. The first-order valence-corrected chi connectivity index (χ1v) is 9.64. The number of phenolic OH excluding ortho intramolecular Hbond substituents is 1. The average molecular weight is 430 g/mol. The summed E-state index contributed by atoms with van der Waals surface area (Å²) in [6, 6.07) is 12.5. The molecule has 0 aliphatic carbocycles. The number of aromatic nitrogens is 1. The number of benzene rings is 2. The summed E-state index contributed by atoms with van der Waals surface area (Å²) in [5.41, 5.74) is 3.08. The minimum absolute atomic E-state index is 0.0270. The summed E-state index contributed by atoms with van der Waals surface area (Å²) in [6.07, 6.45) is 1.33. The van der Waals surface area contributed by atoms with Crippen molar-refractivity contribution in [2.24, 2.45) is 0 Å². The molecule has 0 saturated carbocycles. The van der Waals surface area contributed by atoms with Crippen molar-refractivity contribution < 1.29 is 9.90 Å². The molecular formula is C20H13Cl2N3O2S. The molecule has 5 nitrogen and oxygen atoms in total. The number of anilines is 1. The van der Waals surface area contributed by atoms with Gasteiger partial charge in [0.2, 0.25) is 0 Å². The van der Waals surface area contributed by atoms with Crippen LogP contribution < -0.4 is 5.32 Å². The molecule has 0 radical (unpaired) electrons. The average Bonchev–Trinajstić information content (AvgIpc) is 3.13. The van der Waals surface area contributed by atoms with E-state index >= 15 is 0 Å². The van der Waals surface area contributed by atoms with Crippen molar-refractivity contribution in [2.45, 2.75) is 6.92 Å². The number of carbonyl (C=O) groups is 1. The normalized spacial score (nSPS) is 11.1. The zero-order valence-electron chi connectivity index (χ0n) is 14.5. The van der Waals surface area contributed by atoms with Crippen LogP contribution in [0.1, 0.15) is 11.1 Å². The Morgan fingerprint density at radius 3 is 2.50 bits per heavy atom. The Labute approximate surface area is 175 Å². The number of nitrogens with one attached hydrogen (secondary N) is 1. The van der Waals surface area contributed by atoms with Gasteiger partial charge >= 0.3 is 0 Å². The molecule has 0 aliphatic heterocycles. The van der Waals surface area contributed by atoms with Crippen LogP contribution in [0.15, 0.2) is 47.4 Å². The van der Waals surface area contributed by atoms with Crippen molar-refractivity contribution in [1.29, 1.82) is 5.26 Å². The zero-order valence-corrected chi connectivity index (χ0v) is 16.9. The van der Waals surface area contributed by atoms with Gasteiger partial charge in [0.15, 0.2) is 10.9 Å². The number of amides is 1. The fraction of sp³-hybridized carbons (Fsp3) is 0.0500. The number of nitrogens with zero attached hydrogens (tertiary/aromatic N) is 2. The molecule has 0 saturated heterocycles. The van der Waals surface area contributed by atoms with Crippen LogP contribution in [0.3, 0.4) is 0 Å². The van der Waals surface area contributed by atoms with Gasteiger partial charge in [-0.3, -0.25) is 10.1 Å². The highest BCUT2D eigenvalue weighted by Gasteiger charge is 2.14. The molecule has 28 heavy (non-hydrogen) atoms. The van der Waals surface area contributed by atoms with E-state index in [1.807, 2.05) is 42.6 Å². The molecule has 1 amide bonds. The number of halogens is 2. The van der Waals surface area contributed by atoms with Gasteiger partial charge in [0.25, 0.3) is 5.91 Å². The number of hydrogen-bond acceptors (Lipinski definition) is 5. The molecule has 0 atom stereocenters. The van der Waals surface area contributed by atoms with E-state index in [4.69, 9.17) is 23.2 Å². The molecule has 0 fully saturated rings. The predicted octanol–water partition coefficient (Wildman–Crippen LogP) is 5.68. The lowest BCUT2D eigenvalue weighted by Crippen LogP contribution is -2.13. The van der Waals surface area contributed by atoms with Crippen molar-refractivity contribution >= 4 is 51.7 Å². The van der Waals surface area contributed by atoms with Gasteiger partial charge in [-0.05, 0) is 30.7 Å². The molecule has 2 aromatic carbocycles. The van der Waals surface area contributed by atoms with E-state index in [-0.39, 0.29) is 21.4 Å². The molecule has 1 aromatic heterocycles. The summed E-state index contributed by atoms with van der Waals surface area (Å²) in [4.78, 5) is 16.8. The molecule has 3 rings (SSSR count). The second kappa shape index (κ2) is 8.44. The van der Waals surface area contributed by atoms with Crippen molar-refractivity contribution in [3.8, 4) is 23.1 Å². The van der Waals surface area contributed by atoms with E-state index in [9.17, 15) is 15.2 Å². The van der Waals surface area contributed by atoms with Crippen LogP contribution in [0.25, 0.3) is 17.3 Å². The summed E-state index contributed by atoms with van der Waals surface area (Å²) >= 11 is 13.0. The van der Waals surface area contributed by atoms with Crippen LogP contribution in [-0.4, -0.2) is 16.0 Å². The van der Waals surface area contributed by atoms with Gasteiger partial charge in [-0.25, -0.2) is 4.98 Å². The Morgan fingerprint density at radius 1 is 1.25 bits per heavy atom. The Balaban J connectivity index is 1.80. The third-order valence-electron chi connectivity index (χ3n) is 3.79. The maximum atomic E-state index is 12.4. The summed E-state index contributed by atoms with van der Waals surface area (Å²) in [6.45, 7) is 2.00. The van der Waals surface area contributed by atoms with E-state index in [1.165, 1.54) is 29.5 Å². The van der Waals surface area contributed by atoms with Crippen LogP contribution in [0.5, 0.6) is 5.75 Å². The van der Waals surface area contributed by atoms with Gasteiger partial charge in [0.1, 0.15) is 11.6 Å². The summed E-state index contributed by atoms with van der Waals surface area (Å²) in [7, 11) is 0. The van der Waals surface area contributed by atoms with Gasteiger partial charge in [-0.2, -0.15) is 5.26 Å². The summed E-state index contributed by atoms with van der Waals surface area (Å²) in [5.74, 6) is -0.859. The number of aromatic hydroxyl groups is 1. The summed E-state index contributed by atoms with van der Waals surface area (Å²) in [5, 5.41) is 23.8. The molecule has 8 heteroatoms. The highest BCUT2D eigenvalue weighted by Crippen LogP contribution is 2.33. The SMILES string of the molecule is Cc1ccc(-c2csc(NC(=O)/C(C#N)=C/c3cc(Cl)c(O)c(Cl)c3)n2)cc1. The van der Waals surface area contributed by atoms with E-state index in [1.54, 1.807) is 0 Å². The van der Waals surface area contributed by atoms with Crippen molar-refractivity contribution in [3.05, 3.63) is 68.5 Å². The molecule has 140 valence electrons. The van der Waals surface area contributed by atoms with E-state index in [0.717, 1.165) is 16.8 Å². The maximum absolute atomic E-state index is 12.4. The van der Waals surface area contributed by atoms with Gasteiger partial charge < -0.3 is 5.11 Å². The minimum atomic E-state index is -0.604. The lowest BCUT2D eigenvalue weighted by molar-refractivity contribution is -0.112. The lowest BCUT2D eigenvalue weighted by atomic mass is 10.1. The van der Waals surface area contributed by atoms with Gasteiger partial charge in [0.05, 0.1) is 15.7 Å². The Bertz CT molecular complexity index is 1090. The fourth-order valence-electron chi connectivity index (χ4n) is 2.34. The highest BCUT2D eigenvalue weighted by atomic mass is 35.5. The van der Waals surface area contributed by atoms with Crippen LogP contribution >= 0.6 is 34.5 Å². The van der Waals surface area contributed by atoms with Gasteiger partial charge in [0, 0.05) is 10.9 Å². The smallest absolute Gasteiger partial charge is 0.268 e. The van der Waals surface area contributed by atoms with Crippen molar-refractivity contribution in [2.75, 3.05) is 5.32 Å². The molecule has 1 heterocycles. The van der Waals surface area contributed by atoms with E-state index in [2.05, 4.69) is 10.3 Å². The van der Waals surface area contributed by atoms with E-state index < -0.39 is 5.91 Å². The Kier molecular flexibility index (Phi) is 6.00. The van der Waals surface area contributed by atoms with Crippen LogP contribution in [-0.2, 0) is 4.79 Å². The summed E-state index contributed by atoms with van der Waals surface area (Å²) < 4.78 is 0. The number of nitriles is 1. The lowest BCUT2D eigenvalue weighted by Gasteiger charge is -2.03.